The van der Waals surface area contributed by atoms with Crippen LogP contribution in [0.25, 0.3) is 0 Å². The van der Waals surface area contributed by atoms with E-state index in [1.165, 1.54) is 22.3 Å². The third-order valence-electron chi connectivity index (χ3n) is 7.70. The van der Waals surface area contributed by atoms with Crippen LogP contribution >= 0.6 is 0 Å². The van der Waals surface area contributed by atoms with Crippen LogP contribution in [-0.2, 0) is 22.5 Å². The van der Waals surface area contributed by atoms with Crippen molar-refractivity contribution < 1.29 is 23.7 Å². The van der Waals surface area contributed by atoms with Gasteiger partial charge in [-0.25, -0.2) is 4.79 Å². The van der Waals surface area contributed by atoms with Crippen LogP contribution in [0, 0.1) is 0 Å². The molecule has 6 heteroatoms. The molecule has 1 unspecified atom stereocenters. The van der Waals surface area contributed by atoms with Crippen LogP contribution in [0.1, 0.15) is 66.8 Å². The van der Waals surface area contributed by atoms with Gasteiger partial charge in [0.05, 0.1) is 13.2 Å². The molecule has 2 atom stereocenters. The van der Waals surface area contributed by atoms with Gasteiger partial charge in [-0.1, -0.05) is 78.9 Å². The Morgan fingerprint density at radius 3 is 2.20 bits per heavy atom. The lowest BCUT2D eigenvalue weighted by molar-refractivity contribution is 0.0489. The van der Waals surface area contributed by atoms with Crippen LogP contribution in [0.5, 0.6) is 11.5 Å². The van der Waals surface area contributed by atoms with Crippen LogP contribution in [-0.4, -0.2) is 38.1 Å². The highest BCUT2D eigenvalue weighted by molar-refractivity contribution is 5.67. The molecule has 230 valence electrons. The minimum atomic E-state index is -0.516. The third-order valence-corrected chi connectivity index (χ3v) is 7.70. The topological polar surface area (TPSA) is 66.0 Å². The lowest BCUT2D eigenvalue weighted by Crippen LogP contribution is -2.34. The number of carbonyl (C=O) groups is 1. The third kappa shape index (κ3) is 8.87. The van der Waals surface area contributed by atoms with Crippen molar-refractivity contribution in [3.63, 3.8) is 0 Å². The lowest BCUT2D eigenvalue weighted by Gasteiger charge is -2.35. The first-order valence-corrected chi connectivity index (χ1v) is 15.5. The van der Waals surface area contributed by atoms with Gasteiger partial charge in [0.2, 0.25) is 0 Å². The summed E-state index contributed by atoms with van der Waals surface area (Å²) in [5, 5.41) is 2.69. The molecular formula is C38H43NO5. The number of benzene rings is 4. The zero-order valence-electron chi connectivity index (χ0n) is 26.0. The highest BCUT2D eigenvalue weighted by Gasteiger charge is 2.32. The highest BCUT2D eigenvalue weighted by atomic mass is 16.6. The molecule has 4 aromatic rings. The molecule has 1 aliphatic rings. The first-order chi connectivity index (χ1) is 21.4. The summed E-state index contributed by atoms with van der Waals surface area (Å²) < 4.78 is 22.9. The van der Waals surface area contributed by atoms with Gasteiger partial charge in [-0.2, -0.15) is 0 Å². The molecule has 0 radical (unpaired) electrons. The second kappa shape index (κ2) is 14.9. The SMILES string of the molecule is CC(C)(C)OC(=O)NCCOCCOc1ccc([C@@H]2c3ccc(OCc4ccccc4)cc3CCC2c2ccccc2)cc1. The Hall–Kier alpha value is -4.29. The van der Waals surface area contributed by atoms with Crippen LogP contribution in [0.15, 0.2) is 103 Å². The zero-order valence-corrected chi connectivity index (χ0v) is 26.0. The summed E-state index contributed by atoms with van der Waals surface area (Å²) >= 11 is 0. The van der Waals surface area contributed by atoms with Crippen LogP contribution in [0.4, 0.5) is 4.79 Å². The van der Waals surface area contributed by atoms with Crippen molar-refractivity contribution in [2.24, 2.45) is 0 Å². The second-order valence-electron chi connectivity index (χ2n) is 12.1. The number of fused-ring (bicyclic) bond motifs is 1. The average molecular weight is 594 g/mol. The normalized spacial score (nSPS) is 16.1. The highest BCUT2D eigenvalue weighted by Crippen LogP contribution is 2.47. The Morgan fingerprint density at radius 1 is 0.773 bits per heavy atom. The van der Waals surface area contributed by atoms with Crippen molar-refractivity contribution >= 4 is 6.09 Å². The molecular weight excluding hydrogens is 550 g/mol. The molecule has 0 saturated heterocycles. The van der Waals surface area contributed by atoms with Gasteiger partial charge in [0.1, 0.15) is 30.3 Å². The van der Waals surface area contributed by atoms with Gasteiger partial charge in [0, 0.05) is 12.5 Å². The van der Waals surface area contributed by atoms with Crippen molar-refractivity contribution in [2.75, 3.05) is 26.4 Å². The summed E-state index contributed by atoms with van der Waals surface area (Å²) in [6.07, 6.45) is 1.65. The van der Waals surface area contributed by atoms with Crippen molar-refractivity contribution in [1.82, 2.24) is 5.32 Å². The fraction of sp³-hybridized carbons (Fsp3) is 0.342. The van der Waals surface area contributed by atoms with Gasteiger partial charge in [0.25, 0.3) is 0 Å². The van der Waals surface area contributed by atoms with E-state index in [4.69, 9.17) is 18.9 Å². The summed E-state index contributed by atoms with van der Waals surface area (Å²) in [7, 11) is 0. The standard InChI is InChI=1S/C38H43NO5/c1-38(2,3)44-37(40)39-22-23-41-24-25-42-32-17-14-30(15-18-32)36-34(29-12-8-5-9-13-29)20-16-31-26-33(19-21-35(31)36)43-27-28-10-6-4-7-11-28/h4-15,17-19,21,26,34,36H,16,20,22-25,27H2,1-3H3,(H,39,40)/t34?,36-/m0/s1. The van der Waals surface area contributed by atoms with Crippen LogP contribution in [0.2, 0.25) is 0 Å². The first-order valence-electron chi connectivity index (χ1n) is 15.5. The molecule has 4 aromatic carbocycles. The van der Waals surface area contributed by atoms with Gasteiger partial charge in [-0.15, -0.1) is 0 Å². The van der Waals surface area contributed by atoms with Crippen molar-refractivity contribution in [2.45, 2.75) is 57.7 Å². The molecule has 0 bridgehead atoms. The summed E-state index contributed by atoms with van der Waals surface area (Å²) in [4.78, 5) is 11.7. The minimum Gasteiger partial charge on any atom is -0.491 e. The fourth-order valence-electron chi connectivity index (χ4n) is 5.73. The molecule has 1 aliphatic carbocycles. The van der Waals surface area contributed by atoms with E-state index in [1.807, 2.05) is 51.1 Å². The van der Waals surface area contributed by atoms with E-state index in [9.17, 15) is 4.79 Å². The van der Waals surface area contributed by atoms with E-state index >= 15 is 0 Å². The Labute approximate surface area is 261 Å². The number of rotatable bonds is 12. The summed E-state index contributed by atoms with van der Waals surface area (Å²) in [6, 6.07) is 36.2. The monoisotopic (exact) mass is 593 g/mol. The largest absolute Gasteiger partial charge is 0.491 e. The number of nitrogens with one attached hydrogen (secondary N) is 1. The maximum atomic E-state index is 11.7. The summed E-state index contributed by atoms with van der Waals surface area (Å²) in [6.45, 7) is 7.70. The second-order valence-corrected chi connectivity index (χ2v) is 12.1. The Kier molecular flexibility index (Phi) is 10.6. The van der Waals surface area contributed by atoms with E-state index < -0.39 is 11.7 Å². The van der Waals surface area contributed by atoms with Crippen LogP contribution < -0.4 is 14.8 Å². The zero-order chi connectivity index (χ0) is 30.8. The van der Waals surface area contributed by atoms with E-state index in [2.05, 4.69) is 78.1 Å². The van der Waals surface area contributed by atoms with Crippen molar-refractivity contribution in [1.29, 1.82) is 0 Å². The smallest absolute Gasteiger partial charge is 0.407 e. The van der Waals surface area contributed by atoms with E-state index in [0.29, 0.717) is 38.9 Å². The maximum absolute atomic E-state index is 11.7. The predicted octanol–water partition coefficient (Wildman–Crippen LogP) is 8.05. The summed E-state index contributed by atoms with van der Waals surface area (Å²) in [5.41, 5.74) is 6.00. The number of ether oxygens (including phenoxy) is 4. The number of alkyl carbamates (subject to hydrolysis) is 1. The molecule has 0 aromatic heterocycles. The number of amides is 1. The number of carbonyl (C=O) groups excluding carboxylic acids is 1. The molecule has 0 aliphatic heterocycles. The Bertz CT molecular complexity index is 1470. The van der Waals surface area contributed by atoms with Gasteiger partial charge < -0.3 is 24.3 Å². The van der Waals surface area contributed by atoms with E-state index in [1.54, 1.807) is 0 Å². The molecule has 0 saturated carbocycles. The molecule has 0 spiro atoms. The number of hydrogen-bond acceptors (Lipinski definition) is 5. The van der Waals surface area contributed by atoms with E-state index in [-0.39, 0.29) is 5.92 Å². The number of aryl methyl sites for hydroxylation is 1. The minimum absolute atomic E-state index is 0.235. The van der Waals surface area contributed by atoms with Crippen molar-refractivity contribution in [3.05, 3.63) is 131 Å². The molecule has 5 rings (SSSR count). The molecule has 0 fully saturated rings. The predicted molar refractivity (Wildman–Crippen MR) is 174 cm³/mol. The van der Waals surface area contributed by atoms with Gasteiger partial charge in [-0.05, 0) is 91.6 Å². The molecule has 44 heavy (non-hydrogen) atoms. The van der Waals surface area contributed by atoms with Crippen molar-refractivity contribution in [3.8, 4) is 11.5 Å². The number of hydrogen-bond donors (Lipinski definition) is 1. The molecule has 0 heterocycles. The van der Waals surface area contributed by atoms with E-state index in [0.717, 1.165) is 29.9 Å². The fourth-order valence-corrected chi connectivity index (χ4v) is 5.73. The molecule has 1 amide bonds. The first kappa shape index (κ1) is 31.1. The van der Waals surface area contributed by atoms with Gasteiger partial charge >= 0.3 is 6.09 Å². The van der Waals surface area contributed by atoms with Gasteiger partial charge in [0.15, 0.2) is 0 Å². The average Bonchev–Trinajstić information content (AvgIpc) is 3.03. The molecule has 1 N–H and O–H groups in total. The van der Waals surface area contributed by atoms with Gasteiger partial charge in [-0.3, -0.25) is 0 Å². The Balaban J connectivity index is 1.20. The Morgan fingerprint density at radius 2 is 1.48 bits per heavy atom. The molecule has 6 nitrogen and oxygen atoms in total. The maximum Gasteiger partial charge on any atom is 0.407 e. The lowest BCUT2D eigenvalue weighted by atomic mass is 9.69. The quantitative estimate of drug-likeness (QED) is 0.168. The summed E-state index contributed by atoms with van der Waals surface area (Å²) in [5.74, 6) is 2.34. The van der Waals surface area contributed by atoms with Crippen LogP contribution in [0.3, 0.4) is 0 Å².